The van der Waals surface area contributed by atoms with Crippen LogP contribution in [-0.4, -0.2) is 62.2 Å². The maximum absolute atomic E-state index is 4.94. The summed E-state index contributed by atoms with van der Waals surface area (Å²) in [6.45, 7) is 14.4. The molecule has 5 heterocycles. The van der Waals surface area contributed by atoms with Crippen molar-refractivity contribution in [3.8, 4) is 11.3 Å². The van der Waals surface area contributed by atoms with E-state index in [-0.39, 0.29) is 0 Å². The van der Waals surface area contributed by atoms with Crippen LogP contribution >= 0.6 is 0 Å². The molecule has 0 amide bonds. The predicted octanol–water partition coefficient (Wildman–Crippen LogP) is 4.93. The molecule has 0 bridgehead atoms. The molecule has 0 aromatic carbocycles. The normalized spacial score (nSPS) is 15.6. The van der Waals surface area contributed by atoms with E-state index in [1.54, 1.807) is 6.33 Å². The predicted molar refractivity (Wildman–Crippen MR) is 135 cm³/mol. The lowest BCUT2D eigenvalue weighted by atomic mass is 9.94. The first-order chi connectivity index (χ1) is 15.9. The number of hydrogen-bond acceptors (Lipinski definition) is 5. The summed E-state index contributed by atoms with van der Waals surface area (Å²) in [5.74, 6) is 1.51. The summed E-state index contributed by atoms with van der Waals surface area (Å²) in [4.78, 5) is 18.0. The van der Waals surface area contributed by atoms with Crippen molar-refractivity contribution in [2.45, 2.75) is 59.4 Å². The monoisotopic (exact) mass is 445 g/mol. The summed E-state index contributed by atoms with van der Waals surface area (Å²) in [7, 11) is 2.24. The minimum absolute atomic E-state index is 0.374. The lowest BCUT2D eigenvalue weighted by Crippen LogP contribution is -2.43. The van der Waals surface area contributed by atoms with Gasteiger partial charge in [0.1, 0.15) is 12.1 Å². The van der Waals surface area contributed by atoms with Crippen LogP contribution in [0.4, 0.5) is 5.82 Å². The number of piperidine rings is 1. The first kappa shape index (κ1) is 21.9. The molecule has 0 unspecified atom stereocenters. The van der Waals surface area contributed by atoms with Gasteiger partial charge in [0.25, 0.3) is 0 Å². The quantitative estimate of drug-likeness (QED) is 0.472. The zero-order valence-electron chi connectivity index (χ0n) is 20.7. The third-order valence-electron chi connectivity index (χ3n) is 7.41. The molecule has 1 aliphatic rings. The van der Waals surface area contributed by atoms with Crippen LogP contribution in [0.3, 0.4) is 0 Å². The van der Waals surface area contributed by atoms with E-state index in [4.69, 9.17) is 4.98 Å². The van der Waals surface area contributed by atoms with Gasteiger partial charge in [-0.05, 0) is 63.4 Å². The molecule has 0 saturated carbocycles. The summed E-state index contributed by atoms with van der Waals surface area (Å²) < 4.78 is 1.87. The van der Waals surface area contributed by atoms with Gasteiger partial charge in [0.05, 0.1) is 17.4 Å². The van der Waals surface area contributed by atoms with Gasteiger partial charge in [-0.15, -0.1) is 0 Å². The van der Waals surface area contributed by atoms with Gasteiger partial charge in [-0.25, -0.2) is 14.5 Å². The van der Waals surface area contributed by atoms with E-state index in [0.29, 0.717) is 12.0 Å². The number of aryl methyl sites for hydroxylation is 2. The zero-order valence-corrected chi connectivity index (χ0v) is 20.7. The average Bonchev–Trinajstić information content (AvgIpc) is 3.44. The van der Waals surface area contributed by atoms with Crippen molar-refractivity contribution < 1.29 is 0 Å². The van der Waals surface area contributed by atoms with E-state index in [1.807, 2.05) is 10.7 Å². The number of H-pyrrole nitrogens is 1. The number of aromatic amines is 1. The Bertz CT molecular complexity index is 1290. The number of fused-ring (bicyclic) bond motifs is 2. The second-order valence-electron chi connectivity index (χ2n) is 9.80. The van der Waals surface area contributed by atoms with Gasteiger partial charge in [-0.1, -0.05) is 20.8 Å². The molecule has 174 valence electrons. The third kappa shape index (κ3) is 3.68. The molecule has 4 aromatic heterocycles. The fraction of sp³-hybridized carbons (Fsp3) is 0.500. The lowest BCUT2D eigenvalue weighted by molar-refractivity contribution is 0.217. The molecule has 0 atom stereocenters. The Balaban J connectivity index is 1.58. The fourth-order valence-electron chi connectivity index (χ4n) is 5.50. The molecule has 7 heteroatoms. The zero-order chi connectivity index (χ0) is 23.3. The Kier molecular flexibility index (Phi) is 5.60. The first-order valence-electron chi connectivity index (χ1n) is 12.2. The second-order valence-corrected chi connectivity index (χ2v) is 9.80. The van der Waals surface area contributed by atoms with Crippen LogP contribution in [-0.2, 0) is 0 Å². The molecular formula is C26H35N7. The van der Waals surface area contributed by atoms with Crippen molar-refractivity contribution in [1.82, 2.24) is 29.5 Å². The van der Waals surface area contributed by atoms with Gasteiger partial charge >= 0.3 is 0 Å². The largest absolute Gasteiger partial charge is 0.356 e. The van der Waals surface area contributed by atoms with Crippen LogP contribution in [0.2, 0.25) is 0 Å². The van der Waals surface area contributed by atoms with Crippen molar-refractivity contribution in [1.29, 1.82) is 0 Å². The highest BCUT2D eigenvalue weighted by atomic mass is 15.3. The van der Waals surface area contributed by atoms with Crippen LogP contribution in [0.1, 0.15) is 56.2 Å². The molecule has 33 heavy (non-hydrogen) atoms. The summed E-state index contributed by atoms with van der Waals surface area (Å²) in [5, 5.41) is 5.69. The Labute approximate surface area is 195 Å². The van der Waals surface area contributed by atoms with Gasteiger partial charge in [0, 0.05) is 41.8 Å². The van der Waals surface area contributed by atoms with Crippen molar-refractivity contribution in [3.05, 3.63) is 41.5 Å². The Hall–Kier alpha value is -2.93. The van der Waals surface area contributed by atoms with Crippen molar-refractivity contribution >= 4 is 22.4 Å². The molecular weight excluding hydrogens is 410 g/mol. The molecule has 7 nitrogen and oxygen atoms in total. The van der Waals surface area contributed by atoms with E-state index in [0.717, 1.165) is 53.4 Å². The SMILES string of the molecule is CCN(C)C1CCN(c2ncc3[nH]c(-c4cc(C)c5ncnn5c4)c(C(C)C)c3c2C)CC1. The molecule has 1 saturated heterocycles. The van der Waals surface area contributed by atoms with Crippen molar-refractivity contribution in [2.75, 3.05) is 31.6 Å². The van der Waals surface area contributed by atoms with Crippen LogP contribution in [0.25, 0.3) is 27.8 Å². The molecule has 0 aliphatic carbocycles. The van der Waals surface area contributed by atoms with E-state index in [2.05, 4.69) is 78.8 Å². The molecule has 1 N–H and O–H groups in total. The standard InChI is InChI=1S/C26H35N7/c1-7-31(6)20-8-10-32(11-9-20)26-18(5)23-21(13-27-26)30-24(22(23)16(2)3)19-12-17(4)25-28-15-29-33(25)14-19/h12-16,20,30H,7-11H2,1-6H3. The molecule has 1 fully saturated rings. The number of pyridine rings is 2. The average molecular weight is 446 g/mol. The van der Waals surface area contributed by atoms with Gasteiger partial charge < -0.3 is 14.8 Å². The van der Waals surface area contributed by atoms with E-state index >= 15 is 0 Å². The lowest BCUT2D eigenvalue weighted by Gasteiger charge is -2.37. The van der Waals surface area contributed by atoms with E-state index < -0.39 is 0 Å². The molecule has 4 aromatic rings. The topological polar surface area (TPSA) is 65.3 Å². The van der Waals surface area contributed by atoms with Crippen LogP contribution in [0, 0.1) is 13.8 Å². The number of rotatable bonds is 5. The Morgan fingerprint density at radius 1 is 1.18 bits per heavy atom. The summed E-state index contributed by atoms with van der Waals surface area (Å²) in [6.07, 6.45) is 8.09. The fourth-order valence-corrected chi connectivity index (χ4v) is 5.50. The highest BCUT2D eigenvalue weighted by Crippen LogP contribution is 2.39. The maximum Gasteiger partial charge on any atom is 0.158 e. The second kappa shape index (κ2) is 8.45. The smallest absolute Gasteiger partial charge is 0.158 e. The van der Waals surface area contributed by atoms with Gasteiger partial charge in [-0.3, -0.25) is 0 Å². The minimum atomic E-state index is 0.374. The van der Waals surface area contributed by atoms with Crippen LogP contribution in [0.5, 0.6) is 0 Å². The number of nitrogens with one attached hydrogen (secondary N) is 1. The van der Waals surface area contributed by atoms with Gasteiger partial charge in [0.2, 0.25) is 0 Å². The number of aromatic nitrogens is 5. The third-order valence-corrected chi connectivity index (χ3v) is 7.41. The van der Waals surface area contributed by atoms with Crippen molar-refractivity contribution in [2.24, 2.45) is 0 Å². The molecule has 1 aliphatic heterocycles. The number of nitrogens with zero attached hydrogens (tertiary/aromatic N) is 6. The summed E-state index contributed by atoms with van der Waals surface area (Å²) >= 11 is 0. The van der Waals surface area contributed by atoms with Crippen LogP contribution in [0.15, 0.2) is 24.8 Å². The summed E-state index contributed by atoms with van der Waals surface area (Å²) in [5.41, 5.74) is 8.05. The minimum Gasteiger partial charge on any atom is -0.356 e. The summed E-state index contributed by atoms with van der Waals surface area (Å²) in [6, 6.07) is 2.88. The first-order valence-corrected chi connectivity index (χ1v) is 12.2. The van der Waals surface area contributed by atoms with Crippen molar-refractivity contribution in [3.63, 3.8) is 0 Å². The highest BCUT2D eigenvalue weighted by molar-refractivity contribution is 5.95. The van der Waals surface area contributed by atoms with E-state index in [9.17, 15) is 0 Å². The van der Waals surface area contributed by atoms with Crippen LogP contribution < -0.4 is 4.90 Å². The van der Waals surface area contributed by atoms with Gasteiger partial charge in [-0.2, -0.15) is 5.10 Å². The molecule has 5 rings (SSSR count). The highest BCUT2D eigenvalue weighted by Gasteiger charge is 2.26. The maximum atomic E-state index is 4.94. The molecule has 0 radical (unpaired) electrons. The molecule has 0 spiro atoms. The Morgan fingerprint density at radius 2 is 1.94 bits per heavy atom. The van der Waals surface area contributed by atoms with Gasteiger partial charge in [0.15, 0.2) is 5.65 Å². The Morgan fingerprint density at radius 3 is 2.64 bits per heavy atom. The van der Waals surface area contributed by atoms with E-state index in [1.165, 1.54) is 29.4 Å². The number of anilines is 1. The number of hydrogen-bond donors (Lipinski definition) is 1.